The van der Waals surface area contributed by atoms with Crippen LogP contribution in [0.3, 0.4) is 0 Å². The molecule has 0 aromatic heterocycles. The molecule has 0 saturated heterocycles. The van der Waals surface area contributed by atoms with E-state index in [2.05, 4.69) is 0 Å². The van der Waals surface area contributed by atoms with E-state index in [0.717, 1.165) is 17.7 Å². The molecule has 0 N–H and O–H groups in total. The topological polar surface area (TPSA) is 18.5 Å². The predicted molar refractivity (Wildman–Crippen MR) is 80.8 cm³/mol. The highest BCUT2D eigenvalue weighted by molar-refractivity contribution is 7.46. The molecule has 0 heterocycles. The van der Waals surface area contributed by atoms with Gasteiger partial charge in [0.25, 0.3) is 0 Å². The molecule has 2 aromatic rings. The molecule has 0 fully saturated rings. The molecule has 118 valence electrons. The molecule has 6 heteroatoms. The van der Waals surface area contributed by atoms with Crippen molar-refractivity contribution in [1.82, 2.24) is 0 Å². The van der Waals surface area contributed by atoms with Crippen molar-refractivity contribution >= 4 is 8.38 Å². The van der Waals surface area contributed by atoms with Gasteiger partial charge in [0.1, 0.15) is 5.75 Å². The Morgan fingerprint density at radius 3 is 2.14 bits per heavy atom. The highest BCUT2D eigenvalue weighted by atomic mass is 31.2. The van der Waals surface area contributed by atoms with Gasteiger partial charge in [0.2, 0.25) is 8.38 Å². The quantitative estimate of drug-likeness (QED) is 0.640. The monoisotopic (exact) mass is 328 g/mol. The Balaban J connectivity index is 2.04. The van der Waals surface area contributed by atoms with Crippen LogP contribution in [0.1, 0.15) is 18.1 Å². The average Bonchev–Trinajstić information content (AvgIpc) is 2.48. The summed E-state index contributed by atoms with van der Waals surface area (Å²) < 4.78 is 49.0. The van der Waals surface area contributed by atoms with Gasteiger partial charge in [-0.2, -0.15) is 13.2 Å². The summed E-state index contributed by atoms with van der Waals surface area (Å²) in [6.45, 7) is 2.34. The number of alkyl halides is 3. The summed E-state index contributed by atoms with van der Waals surface area (Å²) in [4.78, 5) is 0. The number of halogens is 3. The lowest BCUT2D eigenvalue weighted by Crippen LogP contribution is -2.04. The van der Waals surface area contributed by atoms with Crippen LogP contribution in [0.4, 0.5) is 13.2 Å². The van der Waals surface area contributed by atoms with E-state index in [1.807, 2.05) is 37.3 Å². The van der Waals surface area contributed by atoms with Crippen molar-refractivity contribution in [2.75, 3.05) is 6.61 Å². The molecule has 0 spiro atoms. The fraction of sp³-hybridized carbons (Fsp3) is 0.250. The lowest BCUT2D eigenvalue weighted by Gasteiger charge is -2.17. The van der Waals surface area contributed by atoms with E-state index in [1.165, 1.54) is 12.1 Å². The van der Waals surface area contributed by atoms with E-state index in [4.69, 9.17) is 9.05 Å². The maximum atomic E-state index is 12.5. The van der Waals surface area contributed by atoms with Crippen LogP contribution in [0.15, 0.2) is 54.6 Å². The second-order valence-corrected chi connectivity index (χ2v) is 5.93. The Labute approximate surface area is 128 Å². The summed E-state index contributed by atoms with van der Waals surface area (Å²) in [5.74, 6) is 0.689. The molecule has 1 atom stereocenters. The van der Waals surface area contributed by atoms with Gasteiger partial charge < -0.3 is 9.05 Å². The maximum Gasteiger partial charge on any atom is 0.416 e. The molecule has 0 radical (unpaired) electrons. The first kappa shape index (κ1) is 16.8. The number of rotatable bonds is 6. The van der Waals surface area contributed by atoms with Crippen molar-refractivity contribution < 1.29 is 22.2 Å². The molecule has 22 heavy (non-hydrogen) atoms. The number of hydrogen-bond donors (Lipinski definition) is 0. The fourth-order valence-corrected chi connectivity index (χ4v) is 3.16. The van der Waals surface area contributed by atoms with Crippen molar-refractivity contribution in [3.8, 4) is 5.75 Å². The third-order valence-corrected chi connectivity index (χ3v) is 4.40. The van der Waals surface area contributed by atoms with Gasteiger partial charge in [-0.3, -0.25) is 0 Å². The summed E-state index contributed by atoms with van der Waals surface area (Å²) in [5, 5.41) is 0. The molecule has 0 aliphatic rings. The SMILES string of the molecule is CCOP(Cc1ccc(C(F)(F)F)cc1)Oc1ccccc1. The molecule has 2 aromatic carbocycles. The van der Waals surface area contributed by atoms with Crippen molar-refractivity contribution in [3.05, 3.63) is 65.7 Å². The molecule has 0 aliphatic carbocycles. The first-order valence-corrected chi connectivity index (χ1v) is 8.15. The van der Waals surface area contributed by atoms with Crippen LogP contribution in [0.25, 0.3) is 0 Å². The van der Waals surface area contributed by atoms with Gasteiger partial charge in [-0.25, -0.2) is 0 Å². The first-order chi connectivity index (χ1) is 10.5. The van der Waals surface area contributed by atoms with Crippen LogP contribution < -0.4 is 4.52 Å². The second-order valence-electron chi connectivity index (χ2n) is 4.51. The van der Waals surface area contributed by atoms with E-state index in [-0.39, 0.29) is 0 Å². The number of para-hydroxylation sites is 1. The lowest BCUT2D eigenvalue weighted by molar-refractivity contribution is -0.137. The van der Waals surface area contributed by atoms with Crippen molar-refractivity contribution in [2.45, 2.75) is 19.3 Å². The zero-order chi connectivity index (χ0) is 16.0. The smallest absolute Gasteiger partial charge is 0.416 e. The van der Waals surface area contributed by atoms with E-state index < -0.39 is 20.1 Å². The largest absolute Gasteiger partial charge is 0.447 e. The zero-order valence-electron chi connectivity index (χ0n) is 12.0. The molecule has 0 aliphatic heterocycles. The number of hydrogen-bond acceptors (Lipinski definition) is 2. The Kier molecular flexibility index (Phi) is 5.81. The van der Waals surface area contributed by atoms with Gasteiger partial charge in [-0.1, -0.05) is 30.3 Å². The second kappa shape index (κ2) is 7.61. The molecule has 0 bridgehead atoms. The Hall–Kier alpha value is -1.58. The lowest BCUT2D eigenvalue weighted by atomic mass is 10.1. The van der Waals surface area contributed by atoms with Crippen LogP contribution in [0.5, 0.6) is 5.75 Å². The molecule has 0 amide bonds. The van der Waals surface area contributed by atoms with Crippen molar-refractivity contribution in [1.29, 1.82) is 0 Å². The summed E-state index contributed by atoms with van der Waals surface area (Å²) in [6, 6.07) is 14.3. The molecular formula is C16H16F3O2P. The third-order valence-electron chi connectivity index (χ3n) is 2.82. The minimum absolute atomic E-state index is 0.441. The fourth-order valence-electron chi connectivity index (χ4n) is 1.80. The van der Waals surface area contributed by atoms with Crippen LogP contribution >= 0.6 is 8.38 Å². The summed E-state index contributed by atoms with van der Waals surface area (Å²) in [5.41, 5.74) is 0.101. The van der Waals surface area contributed by atoms with E-state index in [9.17, 15) is 13.2 Å². The third kappa shape index (κ3) is 5.00. The van der Waals surface area contributed by atoms with E-state index >= 15 is 0 Å². The first-order valence-electron chi connectivity index (χ1n) is 6.78. The summed E-state index contributed by atoms with van der Waals surface area (Å²) >= 11 is 0. The minimum atomic E-state index is -4.32. The molecule has 1 unspecified atom stereocenters. The van der Waals surface area contributed by atoms with Crippen LogP contribution in [-0.4, -0.2) is 6.61 Å². The zero-order valence-corrected chi connectivity index (χ0v) is 12.9. The van der Waals surface area contributed by atoms with Gasteiger partial charge in [0, 0.05) is 0 Å². The van der Waals surface area contributed by atoms with E-state index in [0.29, 0.717) is 18.5 Å². The summed E-state index contributed by atoms with van der Waals surface area (Å²) in [6.07, 6.45) is -3.88. The van der Waals surface area contributed by atoms with Crippen molar-refractivity contribution in [2.24, 2.45) is 0 Å². The van der Waals surface area contributed by atoms with Gasteiger partial charge >= 0.3 is 6.18 Å². The summed E-state index contributed by atoms with van der Waals surface area (Å²) in [7, 11) is -1.23. The van der Waals surface area contributed by atoms with E-state index in [1.54, 1.807) is 0 Å². The van der Waals surface area contributed by atoms with Crippen molar-refractivity contribution in [3.63, 3.8) is 0 Å². The highest BCUT2D eigenvalue weighted by Crippen LogP contribution is 2.43. The number of benzene rings is 2. The predicted octanol–water partition coefficient (Wildman–Crippen LogP) is 5.63. The molecule has 2 rings (SSSR count). The van der Waals surface area contributed by atoms with Crippen LogP contribution in [0, 0.1) is 0 Å². The van der Waals surface area contributed by atoms with Crippen LogP contribution in [0.2, 0.25) is 0 Å². The highest BCUT2D eigenvalue weighted by Gasteiger charge is 2.30. The van der Waals surface area contributed by atoms with Gasteiger partial charge in [-0.05, 0) is 36.8 Å². The standard InChI is InChI=1S/C16H16F3O2P/c1-2-20-22(21-15-6-4-3-5-7-15)12-13-8-10-14(11-9-13)16(17,18)19/h3-11H,2,12H2,1H3. The Morgan fingerprint density at radius 1 is 0.955 bits per heavy atom. The molecular weight excluding hydrogens is 312 g/mol. The van der Waals surface area contributed by atoms with Gasteiger partial charge in [0.15, 0.2) is 0 Å². The van der Waals surface area contributed by atoms with Crippen LogP contribution in [-0.2, 0) is 16.9 Å². The van der Waals surface area contributed by atoms with Gasteiger partial charge in [0.05, 0.1) is 18.3 Å². The maximum absolute atomic E-state index is 12.5. The molecule has 2 nitrogen and oxygen atoms in total. The minimum Gasteiger partial charge on any atom is -0.447 e. The Bertz CT molecular complexity index is 570. The average molecular weight is 328 g/mol. The molecule has 0 saturated carbocycles. The normalized spacial score (nSPS) is 12.9. The van der Waals surface area contributed by atoms with Gasteiger partial charge in [-0.15, -0.1) is 0 Å². The Morgan fingerprint density at radius 2 is 1.59 bits per heavy atom.